The lowest BCUT2D eigenvalue weighted by atomic mass is 9.91. The summed E-state index contributed by atoms with van der Waals surface area (Å²) in [4.78, 5) is 4.18. The molecule has 0 aromatic carbocycles. The quantitative estimate of drug-likeness (QED) is 0.708. The van der Waals surface area contributed by atoms with Crippen molar-refractivity contribution in [2.45, 2.75) is 38.8 Å². The van der Waals surface area contributed by atoms with Crippen molar-refractivity contribution in [2.75, 3.05) is 0 Å². The fraction of sp³-hybridized carbons (Fsp3) is 0.545. The lowest BCUT2D eigenvalue weighted by Crippen LogP contribution is -2.37. The summed E-state index contributed by atoms with van der Waals surface area (Å²) in [5, 5.41) is 3.58. The maximum Gasteiger partial charge on any atom is 0.0338 e. The van der Waals surface area contributed by atoms with E-state index in [9.17, 15) is 0 Å². The molecular weight excluding hydrogens is 160 g/mol. The molecule has 1 aliphatic rings. The molecule has 0 radical (unpaired) electrons. The van der Waals surface area contributed by atoms with Gasteiger partial charge in [0.25, 0.3) is 0 Å². The van der Waals surface area contributed by atoms with E-state index in [4.69, 9.17) is 0 Å². The van der Waals surface area contributed by atoms with Crippen LogP contribution in [0.5, 0.6) is 0 Å². The first-order valence-corrected chi connectivity index (χ1v) is 5.00. The van der Waals surface area contributed by atoms with Gasteiger partial charge in [-0.1, -0.05) is 6.92 Å². The molecule has 0 saturated carbocycles. The number of hydrogen-bond donors (Lipinski definition) is 1. The van der Waals surface area contributed by atoms with E-state index >= 15 is 0 Å². The number of nitrogens with one attached hydrogen (secondary N) is 1. The van der Waals surface area contributed by atoms with E-state index in [0.717, 1.165) is 12.8 Å². The molecule has 0 fully saturated rings. The second-order valence-electron chi connectivity index (χ2n) is 3.81. The molecule has 0 spiro atoms. The Morgan fingerprint density at radius 1 is 1.62 bits per heavy atom. The minimum absolute atomic E-state index is 0.507. The van der Waals surface area contributed by atoms with Crippen molar-refractivity contribution in [2.24, 2.45) is 0 Å². The van der Waals surface area contributed by atoms with Gasteiger partial charge in [0, 0.05) is 24.5 Å². The molecule has 2 atom stereocenters. The largest absolute Gasteiger partial charge is 0.307 e. The van der Waals surface area contributed by atoms with Crippen LogP contribution >= 0.6 is 0 Å². The topological polar surface area (TPSA) is 24.9 Å². The Hall–Kier alpha value is -0.890. The normalized spacial score (nSPS) is 26.9. The smallest absolute Gasteiger partial charge is 0.0338 e. The first-order valence-electron chi connectivity index (χ1n) is 5.00. The predicted octanol–water partition coefficient (Wildman–Crippen LogP) is 2.07. The van der Waals surface area contributed by atoms with Crippen LogP contribution in [-0.2, 0) is 6.42 Å². The van der Waals surface area contributed by atoms with Crippen molar-refractivity contribution >= 4 is 0 Å². The highest BCUT2D eigenvalue weighted by atomic mass is 15.0. The van der Waals surface area contributed by atoms with Gasteiger partial charge in [0.2, 0.25) is 0 Å². The van der Waals surface area contributed by atoms with Gasteiger partial charge < -0.3 is 5.32 Å². The summed E-state index contributed by atoms with van der Waals surface area (Å²) in [6, 6.07) is 3.25. The van der Waals surface area contributed by atoms with E-state index in [1.54, 1.807) is 0 Å². The standard InChI is InChI=1S/C11H16N2/c1-3-11-10-7-12-5-4-9(10)6-8(2)13-11/h4-5,7-8,11,13H,3,6H2,1-2H3. The number of pyridine rings is 1. The van der Waals surface area contributed by atoms with Gasteiger partial charge in [0.1, 0.15) is 0 Å². The zero-order valence-corrected chi connectivity index (χ0v) is 8.25. The maximum atomic E-state index is 4.18. The van der Waals surface area contributed by atoms with Crippen LogP contribution in [0.3, 0.4) is 0 Å². The lowest BCUT2D eigenvalue weighted by Gasteiger charge is -2.30. The van der Waals surface area contributed by atoms with E-state index < -0.39 is 0 Å². The van der Waals surface area contributed by atoms with Crippen LogP contribution < -0.4 is 5.32 Å². The molecule has 2 heteroatoms. The van der Waals surface area contributed by atoms with Crippen LogP contribution in [0.2, 0.25) is 0 Å². The zero-order chi connectivity index (χ0) is 9.26. The Bertz CT molecular complexity index is 296. The predicted molar refractivity (Wildman–Crippen MR) is 53.6 cm³/mol. The van der Waals surface area contributed by atoms with E-state index in [0.29, 0.717) is 12.1 Å². The molecule has 2 unspecified atom stereocenters. The molecule has 1 N–H and O–H groups in total. The molecule has 2 nitrogen and oxygen atoms in total. The summed E-state index contributed by atoms with van der Waals surface area (Å²) in [7, 11) is 0. The van der Waals surface area contributed by atoms with Gasteiger partial charge in [0.15, 0.2) is 0 Å². The SMILES string of the molecule is CCC1NC(C)Cc2ccncc21. The van der Waals surface area contributed by atoms with Gasteiger partial charge in [-0.3, -0.25) is 4.98 Å². The molecule has 2 heterocycles. The lowest BCUT2D eigenvalue weighted by molar-refractivity contribution is 0.413. The molecule has 0 saturated heterocycles. The van der Waals surface area contributed by atoms with Gasteiger partial charge in [0.05, 0.1) is 0 Å². The third kappa shape index (κ3) is 1.59. The molecule has 1 aromatic rings. The van der Waals surface area contributed by atoms with Gasteiger partial charge in [-0.05, 0) is 37.0 Å². The molecule has 13 heavy (non-hydrogen) atoms. The average molecular weight is 176 g/mol. The van der Waals surface area contributed by atoms with Gasteiger partial charge >= 0.3 is 0 Å². The number of hydrogen-bond acceptors (Lipinski definition) is 2. The van der Waals surface area contributed by atoms with E-state index in [2.05, 4.69) is 30.2 Å². The summed E-state index contributed by atoms with van der Waals surface area (Å²) in [5.41, 5.74) is 2.86. The molecule has 2 rings (SSSR count). The van der Waals surface area contributed by atoms with Crippen molar-refractivity contribution in [3.8, 4) is 0 Å². The molecule has 1 aromatic heterocycles. The maximum absolute atomic E-state index is 4.18. The third-order valence-corrected chi connectivity index (χ3v) is 2.74. The Kier molecular flexibility index (Phi) is 2.32. The highest BCUT2D eigenvalue weighted by Gasteiger charge is 2.21. The van der Waals surface area contributed by atoms with Crippen LogP contribution in [0.15, 0.2) is 18.5 Å². The van der Waals surface area contributed by atoms with Crippen LogP contribution in [-0.4, -0.2) is 11.0 Å². The molecular formula is C11H16N2. The molecule has 0 bridgehead atoms. The monoisotopic (exact) mass is 176 g/mol. The second kappa shape index (κ2) is 3.46. The molecule has 0 amide bonds. The van der Waals surface area contributed by atoms with E-state index in [1.807, 2.05) is 12.4 Å². The van der Waals surface area contributed by atoms with Crippen LogP contribution in [0, 0.1) is 0 Å². The van der Waals surface area contributed by atoms with Gasteiger partial charge in [-0.15, -0.1) is 0 Å². The first kappa shape index (κ1) is 8.70. The third-order valence-electron chi connectivity index (χ3n) is 2.74. The highest BCUT2D eigenvalue weighted by molar-refractivity contribution is 5.29. The fourth-order valence-electron chi connectivity index (χ4n) is 2.09. The van der Waals surface area contributed by atoms with Gasteiger partial charge in [-0.25, -0.2) is 0 Å². The van der Waals surface area contributed by atoms with Crippen molar-refractivity contribution in [1.82, 2.24) is 10.3 Å². The van der Waals surface area contributed by atoms with Crippen molar-refractivity contribution in [3.63, 3.8) is 0 Å². The first-order chi connectivity index (χ1) is 6.31. The van der Waals surface area contributed by atoms with E-state index in [1.165, 1.54) is 11.1 Å². The summed E-state index contributed by atoms with van der Waals surface area (Å²) in [6.07, 6.45) is 6.17. The molecule has 1 aliphatic heterocycles. The summed E-state index contributed by atoms with van der Waals surface area (Å²) >= 11 is 0. The molecule has 70 valence electrons. The Labute approximate surface area is 79.4 Å². The zero-order valence-electron chi connectivity index (χ0n) is 8.25. The Morgan fingerprint density at radius 3 is 3.23 bits per heavy atom. The minimum atomic E-state index is 0.507. The average Bonchev–Trinajstić information content (AvgIpc) is 2.16. The number of aromatic nitrogens is 1. The van der Waals surface area contributed by atoms with E-state index in [-0.39, 0.29) is 0 Å². The fourth-order valence-corrected chi connectivity index (χ4v) is 2.09. The number of nitrogens with zero attached hydrogens (tertiary/aromatic N) is 1. The minimum Gasteiger partial charge on any atom is -0.307 e. The summed E-state index contributed by atoms with van der Waals surface area (Å²) in [5.74, 6) is 0. The van der Waals surface area contributed by atoms with Crippen LogP contribution in [0.4, 0.5) is 0 Å². The van der Waals surface area contributed by atoms with Crippen molar-refractivity contribution in [1.29, 1.82) is 0 Å². The Morgan fingerprint density at radius 2 is 2.46 bits per heavy atom. The number of rotatable bonds is 1. The van der Waals surface area contributed by atoms with Crippen molar-refractivity contribution < 1.29 is 0 Å². The van der Waals surface area contributed by atoms with Crippen molar-refractivity contribution in [3.05, 3.63) is 29.6 Å². The van der Waals surface area contributed by atoms with Crippen LogP contribution in [0.25, 0.3) is 0 Å². The second-order valence-corrected chi connectivity index (χ2v) is 3.81. The summed E-state index contributed by atoms with van der Waals surface area (Å²) in [6.45, 7) is 4.46. The number of fused-ring (bicyclic) bond motifs is 1. The van der Waals surface area contributed by atoms with Crippen LogP contribution in [0.1, 0.15) is 37.4 Å². The Balaban J connectivity index is 2.37. The summed E-state index contributed by atoms with van der Waals surface area (Å²) < 4.78 is 0. The highest BCUT2D eigenvalue weighted by Crippen LogP contribution is 2.26. The van der Waals surface area contributed by atoms with Gasteiger partial charge in [-0.2, -0.15) is 0 Å². The molecule has 0 aliphatic carbocycles.